The molecular weight excluding hydrogens is 140 g/mol. The predicted molar refractivity (Wildman–Crippen MR) is 45.4 cm³/mol. The molecule has 0 spiro atoms. The second-order valence-electron chi connectivity index (χ2n) is 3.15. The van der Waals surface area contributed by atoms with E-state index >= 15 is 0 Å². The van der Waals surface area contributed by atoms with Gasteiger partial charge in [-0.15, -0.1) is 0 Å². The lowest BCUT2D eigenvalue weighted by molar-refractivity contribution is -0.108. The molecule has 0 bridgehead atoms. The van der Waals surface area contributed by atoms with E-state index in [2.05, 4.69) is 0 Å². The van der Waals surface area contributed by atoms with Gasteiger partial charge in [-0.1, -0.05) is 13.8 Å². The van der Waals surface area contributed by atoms with E-state index in [4.69, 9.17) is 0 Å². The molecule has 0 aromatic heterocycles. The van der Waals surface area contributed by atoms with E-state index in [1.54, 1.807) is 0 Å². The van der Waals surface area contributed by atoms with E-state index in [1.807, 2.05) is 13.8 Å². The van der Waals surface area contributed by atoms with Gasteiger partial charge >= 0.3 is 0 Å². The highest BCUT2D eigenvalue weighted by molar-refractivity contribution is 5.49. The van der Waals surface area contributed by atoms with E-state index in [1.165, 1.54) is 0 Å². The van der Waals surface area contributed by atoms with Crippen LogP contribution < -0.4 is 0 Å². The van der Waals surface area contributed by atoms with E-state index < -0.39 is 0 Å². The molecule has 2 nitrogen and oxygen atoms in total. The van der Waals surface area contributed by atoms with Gasteiger partial charge < -0.3 is 9.90 Å². The zero-order valence-electron chi connectivity index (χ0n) is 7.42. The summed E-state index contributed by atoms with van der Waals surface area (Å²) in [6, 6.07) is 0. The van der Waals surface area contributed by atoms with E-state index in [0.29, 0.717) is 12.3 Å². The molecule has 0 fully saturated rings. The van der Waals surface area contributed by atoms with Crippen molar-refractivity contribution >= 4 is 6.29 Å². The topological polar surface area (TPSA) is 37.3 Å². The third-order valence-electron chi connectivity index (χ3n) is 1.96. The van der Waals surface area contributed by atoms with Crippen LogP contribution in [0.15, 0.2) is 0 Å². The van der Waals surface area contributed by atoms with Crippen molar-refractivity contribution in [3.8, 4) is 0 Å². The van der Waals surface area contributed by atoms with Crippen molar-refractivity contribution in [1.29, 1.82) is 0 Å². The zero-order valence-corrected chi connectivity index (χ0v) is 7.42. The Balaban J connectivity index is 3.29. The molecule has 2 atom stereocenters. The summed E-state index contributed by atoms with van der Waals surface area (Å²) < 4.78 is 0. The van der Waals surface area contributed by atoms with Crippen molar-refractivity contribution in [3.05, 3.63) is 0 Å². The summed E-state index contributed by atoms with van der Waals surface area (Å²) >= 11 is 0. The second-order valence-corrected chi connectivity index (χ2v) is 3.15. The minimum Gasteiger partial charge on any atom is -0.393 e. The van der Waals surface area contributed by atoms with Gasteiger partial charge in [0, 0.05) is 6.42 Å². The summed E-state index contributed by atoms with van der Waals surface area (Å²) in [6.45, 7) is 4.01. The van der Waals surface area contributed by atoms with Crippen LogP contribution in [0.2, 0.25) is 0 Å². The third kappa shape index (κ3) is 6.05. The number of aliphatic hydroxyl groups is 1. The van der Waals surface area contributed by atoms with Crippen molar-refractivity contribution in [2.24, 2.45) is 5.92 Å². The molecule has 2 unspecified atom stereocenters. The lowest BCUT2D eigenvalue weighted by Gasteiger charge is -2.10. The summed E-state index contributed by atoms with van der Waals surface area (Å²) in [5, 5.41) is 9.19. The first-order chi connectivity index (χ1) is 5.20. The highest BCUT2D eigenvalue weighted by Crippen LogP contribution is 2.11. The van der Waals surface area contributed by atoms with Gasteiger partial charge in [0.1, 0.15) is 6.29 Å². The summed E-state index contributed by atoms with van der Waals surface area (Å²) in [5.74, 6) is 0.425. The van der Waals surface area contributed by atoms with Crippen LogP contribution in [0, 0.1) is 5.92 Å². The summed E-state index contributed by atoms with van der Waals surface area (Å²) in [6.07, 6.45) is 3.98. The van der Waals surface area contributed by atoms with Crippen LogP contribution in [0.3, 0.4) is 0 Å². The Bertz CT molecular complexity index is 102. The van der Waals surface area contributed by atoms with Gasteiger partial charge in [0.05, 0.1) is 6.10 Å². The Morgan fingerprint density at radius 1 is 1.45 bits per heavy atom. The van der Waals surface area contributed by atoms with Gasteiger partial charge in [-0.2, -0.15) is 0 Å². The van der Waals surface area contributed by atoms with Crippen molar-refractivity contribution in [1.82, 2.24) is 0 Å². The number of carbonyl (C=O) groups is 1. The number of carbonyl (C=O) groups excluding carboxylic acids is 1. The summed E-state index contributed by atoms with van der Waals surface area (Å²) in [4.78, 5) is 10.1. The highest BCUT2D eigenvalue weighted by atomic mass is 16.3. The van der Waals surface area contributed by atoms with Crippen LogP contribution in [0.1, 0.15) is 39.5 Å². The van der Waals surface area contributed by atoms with Crippen LogP contribution in [0.5, 0.6) is 0 Å². The Kier molecular flexibility index (Phi) is 6.13. The smallest absolute Gasteiger partial charge is 0.120 e. The van der Waals surface area contributed by atoms with Gasteiger partial charge in [-0.05, 0) is 25.2 Å². The first-order valence-corrected chi connectivity index (χ1v) is 4.32. The van der Waals surface area contributed by atoms with E-state index in [9.17, 15) is 9.90 Å². The molecule has 2 heteroatoms. The molecule has 0 aliphatic heterocycles. The van der Waals surface area contributed by atoms with Crippen LogP contribution in [0.25, 0.3) is 0 Å². The molecular formula is C9H18O2. The van der Waals surface area contributed by atoms with E-state index in [-0.39, 0.29) is 6.10 Å². The number of aliphatic hydroxyl groups excluding tert-OH is 1. The quantitative estimate of drug-likeness (QED) is 0.598. The van der Waals surface area contributed by atoms with Crippen molar-refractivity contribution in [3.63, 3.8) is 0 Å². The fourth-order valence-corrected chi connectivity index (χ4v) is 0.963. The highest BCUT2D eigenvalue weighted by Gasteiger charge is 2.05. The van der Waals surface area contributed by atoms with Gasteiger partial charge in [0.25, 0.3) is 0 Å². The van der Waals surface area contributed by atoms with Crippen molar-refractivity contribution in [2.75, 3.05) is 0 Å². The lowest BCUT2D eigenvalue weighted by atomic mass is 9.99. The summed E-state index contributed by atoms with van der Waals surface area (Å²) in [5.41, 5.74) is 0. The molecule has 0 aromatic rings. The third-order valence-corrected chi connectivity index (χ3v) is 1.96. The first kappa shape index (κ1) is 10.6. The maximum atomic E-state index is 10.1. The van der Waals surface area contributed by atoms with Crippen molar-refractivity contribution in [2.45, 2.75) is 45.6 Å². The molecule has 0 amide bonds. The molecule has 0 rings (SSSR count). The van der Waals surface area contributed by atoms with Crippen LogP contribution in [-0.4, -0.2) is 17.5 Å². The average Bonchev–Trinajstić information content (AvgIpc) is 2.01. The molecule has 0 aliphatic carbocycles. The predicted octanol–water partition coefficient (Wildman–Crippen LogP) is 1.76. The zero-order chi connectivity index (χ0) is 8.69. The largest absolute Gasteiger partial charge is 0.393 e. The van der Waals surface area contributed by atoms with Gasteiger partial charge in [0.15, 0.2) is 0 Å². The first-order valence-electron chi connectivity index (χ1n) is 4.32. The Hall–Kier alpha value is -0.370. The molecule has 0 aliphatic rings. The molecule has 0 saturated heterocycles. The standard InChI is InChI=1S/C9H18O2/c1-3-9(11)5-4-8(2)6-7-10/h7-9,11H,3-6H2,1-2H3. The van der Waals surface area contributed by atoms with Crippen molar-refractivity contribution < 1.29 is 9.90 Å². The minimum atomic E-state index is -0.177. The molecule has 0 saturated carbocycles. The van der Waals surface area contributed by atoms with Crippen LogP contribution in [-0.2, 0) is 4.79 Å². The number of rotatable bonds is 6. The number of hydrogen-bond donors (Lipinski definition) is 1. The fraction of sp³-hybridized carbons (Fsp3) is 0.889. The van der Waals surface area contributed by atoms with Gasteiger partial charge in [0.2, 0.25) is 0 Å². The van der Waals surface area contributed by atoms with Gasteiger partial charge in [-0.25, -0.2) is 0 Å². The maximum Gasteiger partial charge on any atom is 0.120 e. The van der Waals surface area contributed by atoms with Crippen LogP contribution in [0.4, 0.5) is 0 Å². The minimum absolute atomic E-state index is 0.177. The maximum absolute atomic E-state index is 10.1. The molecule has 0 heterocycles. The molecule has 66 valence electrons. The Morgan fingerprint density at radius 2 is 2.09 bits per heavy atom. The molecule has 0 aromatic carbocycles. The molecule has 11 heavy (non-hydrogen) atoms. The average molecular weight is 158 g/mol. The fourth-order valence-electron chi connectivity index (χ4n) is 0.963. The van der Waals surface area contributed by atoms with E-state index in [0.717, 1.165) is 25.5 Å². The molecule has 1 N–H and O–H groups in total. The van der Waals surface area contributed by atoms with Crippen LogP contribution >= 0.6 is 0 Å². The normalized spacial score (nSPS) is 15.9. The summed E-state index contributed by atoms with van der Waals surface area (Å²) in [7, 11) is 0. The number of hydrogen-bond acceptors (Lipinski definition) is 2. The Labute approximate surface area is 68.6 Å². The van der Waals surface area contributed by atoms with Gasteiger partial charge in [-0.3, -0.25) is 0 Å². The SMILES string of the molecule is CCC(O)CCC(C)CC=O. The number of aldehydes is 1. The monoisotopic (exact) mass is 158 g/mol. The lowest BCUT2D eigenvalue weighted by Crippen LogP contribution is -2.07. The second kappa shape index (κ2) is 6.35. The molecule has 0 radical (unpaired) electrons. The Morgan fingerprint density at radius 3 is 2.55 bits per heavy atom.